The quantitative estimate of drug-likeness (QED) is 0.820. The molecule has 0 saturated carbocycles. The number of piperazine rings is 1. The average Bonchev–Trinajstić information content (AvgIpc) is 2.54. The minimum atomic E-state index is 0.501. The van der Waals surface area contributed by atoms with Crippen LogP contribution in [-0.4, -0.2) is 49.6 Å². The molecule has 3 heteroatoms. The van der Waals surface area contributed by atoms with Gasteiger partial charge in [0.05, 0.1) is 0 Å². The molecule has 1 atom stereocenters. The van der Waals surface area contributed by atoms with Gasteiger partial charge >= 0.3 is 0 Å². The Morgan fingerprint density at radius 3 is 2.61 bits per heavy atom. The fourth-order valence-corrected chi connectivity index (χ4v) is 2.51. The molecule has 1 unspecified atom stereocenters. The van der Waals surface area contributed by atoms with Gasteiger partial charge in [-0.15, -0.1) is 0 Å². The molecule has 0 bridgehead atoms. The Kier molecular flexibility index (Phi) is 4.48. The molecule has 100 valence electrons. The molecule has 1 N–H and O–H groups in total. The van der Waals surface area contributed by atoms with Crippen LogP contribution in [0.5, 0.6) is 0 Å². The highest BCUT2D eigenvalue weighted by molar-refractivity contribution is 5.31. The van der Waals surface area contributed by atoms with E-state index in [1.54, 1.807) is 0 Å². The second-order valence-electron chi connectivity index (χ2n) is 5.18. The first-order chi connectivity index (χ1) is 8.70. The van der Waals surface area contributed by atoms with E-state index < -0.39 is 0 Å². The van der Waals surface area contributed by atoms with Crippen molar-refractivity contribution in [2.75, 3.05) is 39.8 Å². The maximum Gasteiger partial charge on any atom is 0.0337 e. The minimum absolute atomic E-state index is 0.501. The number of allylic oxidation sites excluding steroid dienone is 4. The van der Waals surface area contributed by atoms with Crippen molar-refractivity contribution < 1.29 is 0 Å². The van der Waals surface area contributed by atoms with E-state index in [9.17, 15) is 0 Å². The van der Waals surface area contributed by atoms with Crippen molar-refractivity contribution in [3.8, 4) is 0 Å². The van der Waals surface area contributed by atoms with Gasteiger partial charge in [-0.2, -0.15) is 0 Å². The van der Waals surface area contributed by atoms with Crippen LogP contribution in [0.1, 0.15) is 13.8 Å². The SMILES string of the molecule is CCNC1=CC=C(N2CCN(C)CC2)C(C)C=C1. The predicted octanol–water partition coefficient (Wildman–Crippen LogP) is 1.82. The fourth-order valence-electron chi connectivity index (χ4n) is 2.51. The summed E-state index contributed by atoms with van der Waals surface area (Å²) in [6.45, 7) is 10.0. The highest BCUT2D eigenvalue weighted by Gasteiger charge is 2.19. The first kappa shape index (κ1) is 13.2. The summed E-state index contributed by atoms with van der Waals surface area (Å²) in [6.07, 6.45) is 8.99. The van der Waals surface area contributed by atoms with Gasteiger partial charge in [-0.05, 0) is 32.2 Å². The summed E-state index contributed by atoms with van der Waals surface area (Å²) in [5.41, 5.74) is 2.67. The predicted molar refractivity (Wildman–Crippen MR) is 77.2 cm³/mol. The van der Waals surface area contributed by atoms with Gasteiger partial charge in [0.1, 0.15) is 0 Å². The molecule has 2 aliphatic rings. The summed E-state index contributed by atoms with van der Waals surface area (Å²) in [6, 6.07) is 0. The number of nitrogens with zero attached hydrogens (tertiary/aromatic N) is 2. The molecule has 3 nitrogen and oxygen atoms in total. The molecule has 1 saturated heterocycles. The van der Waals surface area contributed by atoms with E-state index in [0.29, 0.717) is 5.92 Å². The Balaban J connectivity index is 2.09. The molecule has 0 aromatic heterocycles. The summed E-state index contributed by atoms with van der Waals surface area (Å²) < 4.78 is 0. The second kappa shape index (κ2) is 6.10. The molecule has 1 heterocycles. The van der Waals surface area contributed by atoms with Crippen LogP contribution in [0, 0.1) is 5.92 Å². The van der Waals surface area contributed by atoms with Crippen LogP contribution in [0.4, 0.5) is 0 Å². The van der Waals surface area contributed by atoms with Crippen molar-refractivity contribution in [2.24, 2.45) is 5.92 Å². The van der Waals surface area contributed by atoms with Crippen LogP contribution in [-0.2, 0) is 0 Å². The normalized spacial score (nSPS) is 25.5. The Bertz CT molecular complexity index is 360. The lowest BCUT2D eigenvalue weighted by atomic mass is 10.1. The van der Waals surface area contributed by atoms with Gasteiger partial charge in [-0.25, -0.2) is 0 Å². The monoisotopic (exact) mass is 247 g/mol. The summed E-state index contributed by atoms with van der Waals surface area (Å²) in [5.74, 6) is 0.501. The molecule has 18 heavy (non-hydrogen) atoms. The molecular weight excluding hydrogens is 222 g/mol. The van der Waals surface area contributed by atoms with E-state index in [1.165, 1.54) is 11.4 Å². The molecular formula is C15H25N3. The average molecular weight is 247 g/mol. The van der Waals surface area contributed by atoms with Gasteiger partial charge in [0.2, 0.25) is 0 Å². The van der Waals surface area contributed by atoms with E-state index in [2.05, 4.69) is 60.3 Å². The third kappa shape index (κ3) is 3.16. The van der Waals surface area contributed by atoms with E-state index in [-0.39, 0.29) is 0 Å². The Hall–Kier alpha value is -1.22. The van der Waals surface area contributed by atoms with Crippen molar-refractivity contribution in [3.63, 3.8) is 0 Å². The molecule has 1 fully saturated rings. The standard InChI is InChI=1S/C15H25N3/c1-4-16-14-6-5-13(2)15(8-7-14)18-11-9-17(3)10-12-18/h5-8,13,16H,4,9-12H2,1-3H3. The zero-order valence-electron chi connectivity index (χ0n) is 11.8. The summed E-state index contributed by atoms with van der Waals surface area (Å²) >= 11 is 0. The highest BCUT2D eigenvalue weighted by Crippen LogP contribution is 2.22. The summed E-state index contributed by atoms with van der Waals surface area (Å²) in [7, 11) is 2.20. The van der Waals surface area contributed by atoms with Crippen LogP contribution in [0.3, 0.4) is 0 Å². The van der Waals surface area contributed by atoms with Crippen LogP contribution < -0.4 is 5.32 Å². The van der Waals surface area contributed by atoms with Gasteiger partial charge < -0.3 is 15.1 Å². The highest BCUT2D eigenvalue weighted by atomic mass is 15.3. The molecule has 0 radical (unpaired) electrons. The van der Waals surface area contributed by atoms with Crippen LogP contribution >= 0.6 is 0 Å². The Morgan fingerprint density at radius 2 is 1.94 bits per heavy atom. The number of nitrogens with one attached hydrogen (secondary N) is 1. The van der Waals surface area contributed by atoms with Gasteiger partial charge in [-0.3, -0.25) is 0 Å². The third-order valence-electron chi connectivity index (χ3n) is 3.71. The minimum Gasteiger partial charge on any atom is -0.385 e. The van der Waals surface area contributed by atoms with Crippen molar-refractivity contribution in [1.82, 2.24) is 15.1 Å². The van der Waals surface area contributed by atoms with Gasteiger partial charge in [-0.1, -0.05) is 13.0 Å². The molecule has 0 amide bonds. The Morgan fingerprint density at radius 1 is 1.22 bits per heavy atom. The van der Waals surface area contributed by atoms with Gasteiger partial charge in [0, 0.05) is 50.0 Å². The lowest BCUT2D eigenvalue weighted by Crippen LogP contribution is -2.44. The van der Waals surface area contributed by atoms with E-state index in [0.717, 1.165) is 32.7 Å². The fraction of sp³-hybridized carbons (Fsp3) is 0.600. The molecule has 1 aliphatic heterocycles. The van der Waals surface area contributed by atoms with E-state index in [4.69, 9.17) is 0 Å². The molecule has 0 aromatic rings. The van der Waals surface area contributed by atoms with Crippen LogP contribution in [0.2, 0.25) is 0 Å². The smallest absolute Gasteiger partial charge is 0.0337 e. The second-order valence-corrected chi connectivity index (χ2v) is 5.18. The lowest BCUT2D eigenvalue weighted by Gasteiger charge is -2.37. The van der Waals surface area contributed by atoms with E-state index >= 15 is 0 Å². The van der Waals surface area contributed by atoms with Crippen molar-refractivity contribution >= 4 is 0 Å². The zero-order chi connectivity index (χ0) is 13.0. The van der Waals surface area contributed by atoms with E-state index in [1.807, 2.05) is 0 Å². The maximum absolute atomic E-state index is 3.38. The first-order valence-electron chi connectivity index (χ1n) is 6.98. The first-order valence-corrected chi connectivity index (χ1v) is 6.98. The van der Waals surface area contributed by atoms with Crippen LogP contribution in [0.25, 0.3) is 0 Å². The number of rotatable bonds is 3. The third-order valence-corrected chi connectivity index (χ3v) is 3.71. The van der Waals surface area contributed by atoms with Gasteiger partial charge in [0.15, 0.2) is 0 Å². The number of hydrogen-bond acceptors (Lipinski definition) is 3. The molecule has 2 rings (SSSR count). The van der Waals surface area contributed by atoms with Crippen molar-refractivity contribution in [1.29, 1.82) is 0 Å². The van der Waals surface area contributed by atoms with Crippen LogP contribution in [0.15, 0.2) is 35.7 Å². The van der Waals surface area contributed by atoms with Gasteiger partial charge in [0.25, 0.3) is 0 Å². The van der Waals surface area contributed by atoms with Crippen molar-refractivity contribution in [2.45, 2.75) is 13.8 Å². The summed E-state index contributed by atoms with van der Waals surface area (Å²) in [4.78, 5) is 4.93. The Labute approximate surface area is 111 Å². The molecule has 0 aromatic carbocycles. The molecule has 1 aliphatic carbocycles. The summed E-state index contributed by atoms with van der Waals surface area (Å²) in [5, 5.41) is 3.38. The number of hydrogen-bond donors (Lipinski definition) is 1. The zero-order valence-corrected chi connectivity index (χ0v) is 11.8. The number of likely N-dealkylation sites (N-methyl/N-ethyl adjacent to an activating group) is 2. The lowest BCUT2D eigenvalue weighted by molar-refractivity contribution is 0.178. The van der Waals surface area contributed by atoms with Crippen molar-refractivity contribution in [3.05, 3.63) is 35.7 Å². The topological polar surface area (TPSA) is 18.5 Å². The largest absolute Gasteiger partial charge is 0.385 e. The maximum atomic E-state index is 3.38. The molecule has 0 spiro atoms.